The quantitative estimate of drug-likeness (QED) is 0.827. The first kappa shape index (κ1) is 19.6. The monoisotopic (exact) mass is 353 g/mol. The smallest absolute Gasteiger partial charge is 0.368 e. The predicted molar refractivity (Wildman–Crippen MR) is 72.8 cm³/mol. The number of primary amides is 1. The molecule has 0 fully saturated rings. The van der Waals surface area contributed by atoms with E-state index in [4.69, 9.17) is 11.0 Å². The Hall–Kier alpha value is -2.44. The van der Waals surface area contributed by atoms with Gasteiger partial charge in [0.15, 0.2) is 0 Å². The Bertz CT molecular complexity index is 647. The lowest BCUT2D eigenvalue weighted by atomic mass is 10.0. The summed E-state index contributed by atoms with van der Waals surface area (Å²) in [6.07, 6.45) is -9.83. The summed E-state index contributed by atoms with van der Waals surface area (Å²) in [5, 5.41) is 8.72. The number of benzene rings is 1. The molecule has 1 aromatic carbocycles. The van der Waals surface area contributed by atoms with Crippen molar-refractivity contribution in [1.82, 2.24) is 0 Å². The first-order valence-electron chi connectivity index (χ1n) is 6.64. The molecular weight excluding hydrogens is 340 g/mol. The zero-order chi connectivity index (χ0) is 18.7. The van der Waals surface area contributed by atoms with Gasteiger partial charge in [-0.3, -0.25) is 4.79 Å². The first-order valence-corrected chi connectivity index (χ1v) is 6.64. The van der Waals surface area contributed by atoms with Crippen molar-refractivity contribution >= 4 is 11.6 Å². The topological polar surface area (TPSA) is 70.1 Å². The minimum Gasteiger partial charge on any atom is -0.368 e. The van der Waals surface area contributed by atoms with E-state index < -0.39 is 47.7 Å². The Morgan fingerprint density at radius 3 is 2.25 bits per heavy atom. The number of amides is 1. The van der Waals surface area contributed by atoms with Crippen molar-refractivity contribution in [3.63, 3.8) is 0 Å². The van der Waals surface area contributed by atoms with Gasteiger partial charge < -0.3 is 10.6 Å². The minimum atomic E-state index is -4.93. The Balaban J connectivity index is 3.48. The normalized spacial score (nSPS) is 13.2. The maximum absolute atomic E-state index is 13.0. The third kappa shape index (κ3) is 4.78. The van der Waals surface area contributed by atoms with Crippen molar-refractivity contribution in [2.24, 2.45) is 5.73 Å². The number of carbonyl (C=O) groups is 1. The molecule has 0 aliphatic carbocycles. The Kier molecular flexibility index (Phi) is 5.71. The molecule has 2 N–H and O–H groups in total. The summed E-state index contributed by atoms with van der Waals surface area (Å²) in [6.45, 7) is -0.273. The molecule has 1 atom stereocenters. The molecule has 1 rings (SSSR count). The fourth-order valence-electron chi connectivity index (χ4n) is 2.19. The molecule has 0 radical (unpaired) electrons. The van der Waals surface area contributed by atoms with Crippen LogP contribution in [0.15, 0.2) is 18.2 Å². The molecule has 1 amide bonds. The second kappa shape index (κ2) is 6.98. The largest absolute Gasteiger partial charge is 0.417 e. The molecule has 0 aromatic heterocycles. The Morgan fingerprint density at radius 1 is 1.29 bits per heavy atom. The number of hydrogen-bond acceptors (Lipinski definition) is 3. The molecule has 1 aromatic rings. The summed E-state index contributed by atoms with van der Waals surface area (Å²) in [5.74, 6) is -1.10. The number of alkyl halides is 6. The maximum atomic E-state index is 13.0. The lowest BCUT2D eigenvalue weighted by Crippen LogP contribution is -2.48. The van der Waals surface area contributed by atoms with Crippen LogP contribution in [0.4, 0.5) is 32.0 Å². The van der Waals surface area contributed by atoms with Crippen molar-refractivity contribution < 1.29 is 31.1 Å². The number of hydrogen-bond donors (Lipinski definition) is 1. The SMILES string of the molecule is CCC(C(N)=O)N(CC(F)(F)F)c1ccc(C#N)c(C(F)(F)F)c1. The van der Waals surface area contributed by atoms with Gasteiger partial charge in [-0.15, -0.1) is 0 Å². The first-order chi connectivity index (χ1) is 10.9. The average Bonchev–Trinajstić information content (AvgIpc) is 2.43. The number of nitrogens with two attached hydrogens (primary N) is 1. The van der Waals surface area contributed by atoms with E-state index in [1.807, 2.05) is 0 Å². The van der Waals surface area contributed by atoms with Gasteiger partial charge in [-0.05, 0) is 24.6 Å². The van der Waals surface area contributed by atoms with E-state index >= 15 is 0 Å². The molecule has 0 saturated carbocycles. The molecule has 10 heteroatoms. The van der Waals surface area contributed by atoms with Crippen LogP contribution in [0, 0.1) is 11.3 Å². The number of carbonyl (C=O) groups excluding carboxylic acids is 1. The van der Waals surface area contributed by atoms with Crippen molar-refractivity contribution in [1.29, 1.82) is 5.26 Å². The minimum absolute atomic E-state index is 0.132. The Morgan fingerprint density at radius 2 is 1.88 bits per heavy atom. The summed E-state index contributed by atoms with van der Waals surface area (Å²) in [4.78, 5) is 11.8. The average molecular weight is 353 g/mol. The summed E-state index contributed by atoms with van der Waals surface area (Å²) < 4.78 is 77.2. The number of rotatable bonds is 5. The Labute approximate surface area is 133 Å². The van der Waals surface area contributed by atoms with Crippen molar-refractivity contribution in [2.75, 3.05) is 11.4 Å². The summed E-state index contributed by atoms with van der Waals surface area (Å²) in [5.41, 5.74) is 2.45. The van der Waals surface area contributed by atoms with Crippen LogP contribution in [0.2, 0.25) is 0 Å². The van der Waals surface area contributed by atoms with Crippen LogP contribution in [0.25, 0.3) is 0 Å². The van der Waals surface area contributed by atoms with E-state index in [0.717, 1.165) is 12.1 Å². The zero-order valence-corrected chi connectivity index (χ0v) is 12.4. The number of nitriles is 1. The van der Waals surface area contributed by atoms with Gasteiger partial charge in [-0.25, -0.2) is 0 Å². The van der Waals surface area contributed by atoms with Crippen LogP contribution in [0.3, 0.4) is 0 Å². The fraction of sp³-hybridized carbons (Fsp3) is 0.429. The van der Waals surface area contributed by atoms with Gasteiger partial charge in [0.05, 0.1) is 17.2 Å². The number of anilines is 1. The van der Waals surface area contributed by atoms with E-state index in [0.29, 0.717) is 11.0 Å². The fourth-order valence-corrected chi connectivity index (χ4v) is 2.19. The van der Waals surface area contributed by atoms with Crippen molar-refractivity contribution in [3.05, 3.63) is 29.3 Å². The predicted octanol–water partition coefficient (Wildman–Crippen LogP) is 3.21. The van der Waals surface area contributed by atoms with E-state index in [9.17, 15) is 31.1 Å². The van der Waals surface area contributed by atoms with Crippen LogP contribution in [-0.2, 0) is 11.0 Å². The zero-order valence-electron chi connectivity index (χ0n) is 12.4. The number of halogens is 6. The maximum Gasteiger partial charge on any atom is 0.417 e. The molecular formula is C14H13F6N3O. The molecule has 1 unspecified atom stereocenters. The molecule has 0 heterocycles. The third-order valence-electron chi connectivity index (χ3n) is 3.20. The van der Waals surface area contributed by atoms with Gasteiger partial charge >= 0.3 is 12.4 Å². The van der Waals surface area contributed by atoms with Crippen molar-refractivity contribution in [3.8, 4) is 6.07 Å². The molecule has 0 aliphatic heterocycles. The molecule has 0 aliphatic rings. The van der Waals surface area contributed by atoms with E-state index in [1.54, 1.807) is 0 Å². The van der Waals surface area contributed by atoms with Gasteiger partial charge in [0.25, 0.3) is 0 Å². The highest BCUT2D eigenvalue weighted by atomic mass is 19.4. The van der Waals surface area contributed by atoms with Crippen molar-refractivity contribution in [2.45, 2.75) is 31.7 Å². The summed E-state index contributed by atoms with van der Waals surface area (Å²) >= 11 is 0. The second-order valence-electron chi connectivity index (χ2n) is 4.91. The lowest BCUT2D eigenvalue weighted by Gasteiger charge is -2.32. The van der Waals surface area contributed by atoms with Crippen LogP contribution in [-0.4, -0.2) is 24.7 Å². The molecule has 0 saturated heterocycles. The van der Waals surface area contributed by atoms with Crippen LogP contribution >= 0.6 is 0 Å². The molecule has 0 spiro atoms. The van der Waals surface area contributed by atoms with Gasteiger partial charge in [0.1, 0.15) is 12.6 Å². The van der Waals surface area contributed by atoms with E-state index in [1.165, 1.54) is 13.0 Å². The third-order valence-corrected chi connectivity index (χ3v) is 3.20. The lowest BCUT2D eigenvalue weighted by molar-refractivity contribution is -0.137. The standard InChI is InChI=1S/C14H13F6N3O/c1-2-11(12(22)24)23(7-13(15,16)17)9-4-3-8(6-21)10(5-9)14(18,19)20/h3-5,11H,2,7H2,1H3,(H2,22,24). The molecule has 4 nitrogen and oxygen atoms in total. The van der Waals surface area contributed by atoms with Crippen LogP contribution in [0.1, 0.15) is 24.5 Å². The van der Waals surface area contributed by atoms with Crippen LogP contribution in [0.5, 0.6) is 0 Å². The van der Waals surface area contributed by atoms with Gasteiger partial charge in [0.2, 0.25) is 5.91 Å². The van der Waals surface area contributed by atoms with E-state index in [-0.39, 0.29) is 6.42 Å². The molecule has 24 heavy (non-hydrogen) atoms. The van der Waals surface area contributed by atoms with Gasteiger partial charge in [-0.1, -0.05) is 6.92 Å². The van der Waals surface area contributed by atoms with Gasteiger partial charge in [-0.2, -0.15) is 31.6 Å². The van der Waals surface area contributed by atoms with Gasteiger partial charge in [0, 0.05) is 5.69 Å². The molecule has 132 valence electrons. The number of nitrogens with zero attached hydrogens (tertiary/aromatic N) is 2. The van der Waals surface area contributed by atoms with Crippen LogP contribution < -0.4 is 10.6 Å². The summed E-state index contributed by atoms with van der Waals surface area (Å²) in [7, 11) is 0. The highest BCUT2D eigenvalue weighted by Gasteiger charge is 2.38. The van der Waals surface area contributed by atoms with E-state index in [2.05, 4.69) is 0 Å². The molecule has 0 bridgehead atoms. The summed E-state index contributed by atoms with van der Waals surface area (Å²) in [6, 6.07) is 1.98. The highest BCUT2D eigenvalue weighted by molar-refractivity contribution is 5.83. The second-order valence-corrected chi connectivity index (χ2v) is 4.91. The highest BCUT2D eigenvalue weighted by Crippen LogP contribution is 2.35.